The molecule has 0 saturated carbocycles. The van der Waals surface area contributed by atoms with Crippen LogP contribution >= 0.6 is 0 Å². The SMILES string of the molecule is C[CH-]CCC/C(C)=C/CCC(C)CCCC(C)CCC1=CCC(C)C(C)C1O. The minimum absolute atomic E-state index is 0.201. The van der Waals surface area contributed by atoms with Crippen molar-refractivity contribution in [3.8, 4) is 0 Å². The number of aliphatic hydroxyl groups excluding tert-OH is 1. The highest BCUT2D eigenvalue weighted by Gasteiger charge is 2.27. The molecule has 0 amide bonds. The molecule has 164 valence electrons. The van der Waals surface area contributed by atoms with Crippen molar-refractivity contribution in [2.45, 2.75) is 118 Å². The molecule has 5 unspecified atom stereocenters. The van der Waals surface area contributed by atoms with Crippen LogP contribution in [0.1, 0.15) is 112 Å². The van der Waals surface area contributed by atoms with E-state index in [1.165, 1.54) is 63.4 Å². The molecule has 28 heavy (non-hydrogen) atoms. The smallest absolute Gasteiger partial charge is 0.0778 e. The van der Waals surface area contributed by atoms with Gasteiger partial charge in [-0.25, -0.2) is 0 Å². The largest absolute Gasteiger partial charge is 0.388 e. The van der Waals surface area contributed by atoms with E-state index in [-0.39, 0.29) is 6.10 Å². The molecule has 0 heterocycles. The van der Waals surface area contributed by atoms with Gasteiger partial charge in [0.1, 0.15) is 0 Å². The Morgan fingerprint density at radius 1 is 1.14 bits per heavy atom. The standard InChI is InChI=1S/C27H49O/c1-7-8-9-12-21(2)13-10-14-22(3)15-11-16-23(4)17-19-26-20-18-24(5)25(6)27(26)28/h7,13,20,22-25,27-28H,8-12,14-19H2,1-6H3/q-1/b21-13+. The monoisotopic (exact) mass is 389 g/mol. The molecule has 1 N–H and O–H groups in total. The summed E-state index contributed by atoms with van der Waals surface area (Å²) in [6, 6.07) is 0. The van der Waals surface area contributed by atoms with Gasteiger partial charge >= 0.3 is 0 Å². The maximum atomic E-state index is 10.5. The van der Waals surface area contributed by atoms with Gasteiger partial charge in [-0.1, -0.05) is 71.1 Å². The lowest BCUT2D eigenvalue weighted by atomic mass is 9.78. The Labute approximate surface area is 177 Å². The predicted molar refractivity (Wildman–Crippen MR) is 125 cm³/mol. The highest BCUT2D eigenvalue weighted by atomic mass is 16.3. The van der Waals surface area contributed by atoms with Crippen molar-refractivity contribution in [2.75, 3.05) is 0 Å². The second-order valence-electron chi connectivity index (χ2n) is 9.90. The van der Waals surface area contributed by atoms with Gasteiger partial charge < -0.3 is 11.5 Å². The van der Waals surface area contributed by atoms with Crippen LogP contribution in [0.15, 0.2) is 23.3 Å². The molecule has 0 saturated heterocycles. The van der Waals surface area contributed by atoms with Crippen molar-refractivity contribution in [3.05, 3.63) is 29.7 Å². The van der Waals surface area contributed by atoms with Crippen molar-refractivity contribution in [3.63, 3.8) is 0 Å². The van der Waals surface area contributed by atoms with Crippen LogP contribution in [-0.4, -0.2) is 11.2 Å². The number of allylic oxidation sites excluding steroid dienone is 3. The molecular weight excluding hydrogens is 340 g/mol. The molecule has 1 heteroatoms. The fourth-order valence-corrected chi connectivity index (χ4v) is 4.39. The summed E-state index contributed by atoms with van der Waals surface area (Å²) >= 11 is 0. The van der Waals surface area contributed by atoms with E-state index in [0.717, 1.165) is 24.7 Å². The first-order chi connectivity index (χ1) is 13.3. The van der Waals surface area contributed by atoms with E-state index in [1.54, 1.807) is 5.57 Å². The van der Waals surface area contributed by atoms with E-state index in [2.05, 4.69) is 60.1 Å². The summed E-state index contributed by atoms with van der Waals surface area (Å²) < 4.78 is 0. The summed E-state index contributed by atoms with van der Waals surface area (Å²) in [5.74, 6) is 2.64. The molecule has 0 aliphatic heterocycles. The molecule has 0 spiro atoms. The van der Waals surface area contributed by atoms with Gasteiger partial charge in [-0.05, 0) is 74.7 Å². The average molecular weight is 390 g/mol. The zero-order valence-electron chi connectivity index (χ0n) is 19.8. The molecule has 0 aromatic heterocycles. The van der Waals surface area contributed by atoms with Crippen LogP contribution < -0.4 is 0 Å². The van der Waals surface area contributed by atoms with Gasteiger partial charge in [0.25, 0.3) is 0 Å². The number of hydrogen-bond acceptors (Lipinski definition) is 1. The fraction of sp³-hybridized carbons (Fsp3) is 0.815. The minimum Gasteiger partial charge on any atom is -0.388 e. The summed E-state index contributed by atoms with van der Waals surface area (Å²) in [7, 11) is 0. The zero-order chi connectivity index (χ0) is 20.9. The van der Waals surface area contributed by atoms with Gasteiger partial charge in [-0.15, -0.1) is 0 Å². The molecule has 0 radical (unpaired) electrons. The molecule has 5 atom stereocenters. The Kier molecular flexibility index (Phi) is 13.1. The Bertz CT molecular complexity index is 461. The van der Waals surface area contributed by atoms with Gasteiger partial charge in [-0.3, -0.25) is 0 Å². The van der Waals surface area contributed by atoms with E-state index in [4.69, 9.17) is 0 Å². The highest BCUT2D eigenvalue weighted by Crippen LogP contribution is 2.32. The topological polar surface area (TPSA) is 20.2 Å². The van der Waals surface area contributed by atoms with Gasteiger partial charge in [-0.2, -0.15) is 13.3 Å². The van der Waals surface area contributed by atoms with Crippen molar-refractivity contribution in [1.82, 2.24) is 0 Å². The van der Waals surface area contributed by atoms with Crippen LogP contribution in [0.3, 0.4) is 0 Å². The summed E-state index contributed by atoms with van der Waals surface area (Å²) in [4.78, 5) is 0. The van der Waals surface area contributed by atoms with E-state index in [9.17, 15) is 5.11 Å². The molecule has 0 aromatic carbocycles. The third-order valence-corrected chi connectivity index (χ3v) is 7.06. The number of hydrogen-bond donors (Lipinski definition) is 1. The van der Waals surface area contributed by atoms with E-state index >= 15 is 0 Å². The van der Waals surface area contributed by atoms with Gasteiger partial charge in [0.15, 0.2) is 0 Å². The molecule has 1 rings (SSSR count). The third-order valence-electron chi connectivity index (χ3n) is 7.06. The highest BCUT2D eigenvalue weighted by molar-refractivity contribution is 5.14. The first kappa shape index (κ1) is 25.5. The molecule has 0 bridgehead atoms. The van der Waals surface area contributed by atoms with Crippen LogP contribution in [-0.2, 0) is 0 Å². The summed E-state index contributed by atoms with van der Waals surface area (Å²) in [6.07, 6.45) is 20.8. The van der Waals surface area contributed by atoms with Gasteiger partial charge in [0.2, 0.25) is 0 Å². The first-order valence-electron chi connectivity index (χ1n) is 12.2. The lowest BCUT2D eigenvalue weighted by Crippen LogP contribution is -2.29. The Morgan fingerprint density at radius 3 is 2.50 bits per heavy atom. The van der Waals surface area contributed by atoms with E-state index in [1.807, 2.05) is 0 Å². The Hall–Kier alpha value is -0.560. The summed E-state index contributed by atoms with van der Waals surface area (Å²) in [5, 5.41) is 10.5. The van der Waals surface area contributed by atoms with Gasteiger partial charge in [0, 0.05) is 0 Å². The van der Waals surface area contributed by atoms with E-state index < -0.39 is 0 Å². The normalized spacial score (nSPS) is 25.5. The number of rotatable bonds is 14. The second kappa shape index (κ2) is 14.4. The van der Waals surface area contributed by atoms with Crippen molar-refractivity contribution >= 4 is 0 Å². The number of unbranched alkanes of at least 4 members (excludes halogenated alkanes) is 2. The lowest BCUT2D eigenvalue weighted by Gasteiger charge is -2.31. The molecule has 1 aliphatic rings. The van der Waals surface area contributed by atoms with Gasteiger partial charge in [0.05, 0.1) is 6.10 Å². The predicted octanol–water partition coefficient (Wildman–Crippen LogP) is 8.29. The minimum atomic E-state index is -0.201. The first-order valence-corrected chi connectivity index (χ1v) is 12.2. The van der Waals surface area contributed by atoms with Crippen LogP contribution in [0.4, 0.5) is 0 Å². The zero-order valence-corrected chi connectivity index (χ0v) is 19.8. The van der Waals surface area contributed by atoms with Crippen molar-refractivity contribution in [1.29, 1.82) is 0 Å². The quantitative estimate of drug-likeness (QED) is 0.180. The van der Waals surface area contributed by atoms with Crippen molar-refractivity contribution < 1.29 is 5.11 Å². The summed E-state index contributed by atoms with van der Waals surface area (Å²) in [6.45, 7) is 13.7. The second-order valence-corrected chi connectivity index (χ2v) is 9.90. The molecule has 0 fully saturated rings. The van der Waals surface area contributed by atoms with Crippen LogP contribution in [0.5, 0.6) is 0 Å². The molecule has 1 aliphatic carbocycles. The maximum Gasteiger partial charge on any atom is 0.0778 e. The Morgan fingerprint density at radius 2 is 1.82 bits per heavy atom. The fourth-order valence-electron chi connectivity index (χ4n) is 4.39. The van der Waals surface area contributed by atoms with Crippen LogP contribution in [0, 0.1) is 30.1 Å². The third kappa shape index (κ3) is 10.3. The molecule has 1 nitrogen and oxygen atoms in total. The summed E-state index contributed by atoms with van der Waals surface area (Å²) in [5.41, 5.74) is 2.88. The van der Waals surface area contributed by atoms with Crippen LogP contribution in [0.2, 0.25) is 0 Å². The maximum absolute atomic E-state index is 10.5. The van der Waals surface area contributed by atoms with Crippen molar-refractivity contribution in [2.24, 2.45) is 23.7 Å². The molecular formula is C27H49O-. The van der Waals surface area contributed by atoms with E-state index in [0.29, 0.717) is 11.8 Å². The Balaban J connectivity index is 2.13. The number of aliphatic hydroxyl groups is 1. The van der Waals surface area contributed by atoms with Crippen LogP contribution in [0.25, 0.3) is 0 Å². The average Bonchev–Trinajstić information content (AvgIpc) is 2.66. The molecule has 0 aromatic rings. The lowest BCUT2D eigenvalue weighted by molar-refractivity contribution is 0.105.